The summed E-state index contributed by atoms with van der Waals surface area (Å²) in [5, 5.41) is 29.8. The highest BCUT2D eigenvalue weighted by Crippen LogP contribution is 2.36. The Morgan fingerprint density at radius 1 is 1.12 bits per heavy atom. The maximum absolute atomic E-state index is 14.2. The average Bonchev–Trinajstić information content (AvgIpc) is 2.74. The lowest BCUT2D eigenvalue weighted by Crippen LogP contribution is -2.39. The molecule has 0 aliphatic carbocycles. The number of carboxylic acids is 1. The summed E-state index contributed by atoms with van der Waals surface area (Å²) in [6.07, 6.45) is -3.93. The largest absolute Gasteiger partial charge is 0.481 e. The van der Waals surface area contributed by atoms with Gasteiger partial charge in [0.05, 0.1) is 24.3 Å². The number of halogens is 1. The second kappa shape index (κ2) is 9.58. The van der Waals surface area contributed by atoms with Gasteiger partial charge in [0.25, 0.3) is 0 Å². The van der Waals surface area contributed by atoms with E-state index in [1.807, 2.05) is 0 Å². The standard InChI is InChI=1S/C24H26FNO6/c1-13(2)26-20-6-4-3-5-17(20)24(32)16-8-7-14(25)9-18(16)19(12-22(26)29)21(28)10-15(27)11-23(30)31/h3-9,13,15,19,21,27-28H,10-12H2,1-2H3,(H,30,31)/t15-,19?,21+/m1/s1. The fourth-order valence-electron chi connectivity index (χ4n) is 4.24. The van der Waals surface area contributed by atoms with Gasteiger partial charge in [0, 0.05) is 35.9 Å². The van der Waals surface area contributed by atoms with E-state index in [0.717, 1.165) is 12.1 Å². The van der Waals surface area contributed by atoms with E-state index in [2.05, 4.69) is 0 Å². The van der Waals surface area contributed by atoms with Crippen molar-refractivity contribution in [1.82, 2.24) is 0 Å². The van der Waals surface area contributed by atoms with Crippen LogP contribution in [0, 0.1) is 5.82 Å². The quantitative estimate of drug-likeness (QED) is 0.632. The summed E-state index contributed by atoms with van der Waals surface area (Å²) in [5.74, 6) is -3.69. The fourth-order valence-corrected chi connectivity index (χ4v) is 4.24. The number of hydrogen-bond acceptors (Lipinski definition) is 5. The summed E-state index contributed by atoms with van der Waals surface area (Å²) >= 11 is 0. The summed E-state index contributed by atoms with van der Waals surface area (Å²) < 4.78 is 14.2. The van der Waals surface area contributed by atoms with E-state index in [4.69, 9.17) is 5.11 Å². The SMILES string of the molecule is CC(C)N1C(=O)CC([C@@H](O)C[C@@H](O)CC(=O)O)c2cc(F)ccc2C(=O)c2ccccc21. The molecule has 8 heteroatoms. The molecule has 0 aromatic heterocycles. The number of aliphatic hydroxyl groups is 2. The van der Waals surface area contributed by atoms with Crippen LogP contribution >= 0.6 is 0 Å². The van der Waals surface area contributed by atoms with E-state index in [-0.39, 0.29) is 41.5 Å². The molecule has 1 aliphatic heterocycles. The lowest BCUT2D eigenvalue weighted by molar-refractivity contribution is -0.139. The van der Waals surface area contributed by atoms with Gasteiger partial charge in [-0.05, 0) is 49.7 Å². The number of nitrogens with zero attached hydrogens (tertiary/aromatic N) is 1. The topological polar surface area (TPSA) is 115 Å². The zero-order chi connectivity index (χ0) is 23.6. The lowest BCUT2D eigenvalue weighted by atomic mass is 9.83. The third-order valence-electron chi connectivity index (χ3n) is 5.63. The van der Waals surface area contributed by atoms with Gasteiger partial charge in [-0.1, -0.05) is 12.1 Å². The molecule has 2 aromatic rings. The second-order valence-electron chi connectivity index (χ2n) is 8.30. The summed E-state index contributed by atoms with van der Waals surface area (Å²) in [6.45, 7) is 3.60. The number of aliphatic carboxylic acids is 1. The Hall–Kier alpha value is -3.10. The molecule has 0 bridgehead atoms. The number of hydrogen-bond donors (Lipinski definition) is 3. The highest BCUT2D eigenvalue weighted by molar-refractivity contribution is 6.15. The van der Waals surface area contributed by atoms with Crippen molar-refractivity contribution < 1.29 is 34.1 Å². The molecule has 32 heavy (non-hydrogen) atoms. The molecule has 0 saturated heterocycles. The molecule has 0 saturated carbocycles. The molecule has 1 heterocycles. The Labute approximate surface area is 185 Å². The van der Waals surface area contributed by atoms with Crippen LogP contribution in [0.5, 0.6) is 0 Å². The number of aliphatic hydroxyl groups excluding tert-OH is 2. The molecule has 7 nitrogen and oxygen atoms in total. The van der Waals surface area contributed by atoms with Crippen LogP contribution in [0.15, 0.2) is 42.5 Å². The molecule has 3 N–H and O–H groups in total. The number of ketones is 1. The van der Waals surface area contributed by atoms with Crippen molar-refractivity contribution >= 4 is 23.3 Å². The predicted octanol–water partition coefficient (Wildman–Crippen LogP) is 2.87. The number of anilines is 1. The Kier molecular flexibility index (Phi) is 7.06. The van der Waals surface area contributed by atoms with E-state index in [0.29, 0.717) is 5.69 Å². The molecule has 0 fully saturated rings. The average molecular weight is 443 g/mol. The molecule has 0 spiro atoms. The zero-order valence-electron chi connectivity index (χ0n) is 17.9. The van der Waals surface area contributed by atoms with Crippen LogP contribution in [0.4, 0.5) is 10.1 Å². The molecule has 1 unspecified atom stereocenters. The van der Waals surface area contributed by atoms with Gasteiger partial charge in [-0.25, -0.2) is 4.39 Å². The summed E-state index contributed by atoms with van der Waals surface area (Å²) in [4.78, 5) is 39.2. The first-order valence-corrected chi connectivity index (χ1v) is 10.4. The Balaban J connectivity index is 2.15. The summed E-state index contributed by atoms with van der Waals surface area (Å²) in [6, 6.07) is 9.94. The van der Waals surface area contributed by atoms with Crippen LogP contribution in [-0.2, 0) is 9.59 Å². The third-order valence-corrected chi connectivity index (χ3v) is 5.63. The smallest absolute Gasteiger partial charge is 0.305 e. The van der Waals surface area contributed by atoms with Crippen molar-refractivity contribution in [3.63, 3.8) is 0 Å². The Morgan fingerprint density at radius 3 is 2.47 bits per heavy atom. The number of rotatable bonds is 6. The van der Waals surface area contributed by atoms with Gasteiger partial charge in [0.15, 0.2) is 5.78 Å². The molecular formula is C24H26FNO6. The molecule has 170 valence electrons. The zero-order valence-corrected chi connectivity index (χ0v) is 17.9. The molecule has 1 aliphatic rings. The van der Waals surface area contributed by atoms with E-state index >= 15 is 0 Å². The number of carbonyl (C=O) groups excluding carboxylic acids is 2. The first-order valence-electron chi connectivity index (χ1n) is 10.4. The van der Waals surface area contributed by atoms with Gasteiger partial charge in [-0.15, -0.1) is 0 Å². The maximum atomic E-state index is 14.2. The van der Waals surface area contributed by atoms with Crippen molar-refractivity contribution in [2.45, 2.75) is 57.3 Å². The molecule has 0 radical (unpaired) electrons. The van der Waals surface area contributed by atoms with Gasteiger partial charge >= 0.3 is 5.97 Å². The van der Waals surface area contributed by atoms with Gasteiger partial charge in [-0.2, -0.15) is 0 Å². The maximum Gasteiger partial charge on any atom is 0.305 e. The molecule has 3 rings (SSSR count). The van der Waals surface area contributed by atoms with Crippen molar-refractivity contribution in [3.8, 4) is 0 Å². The number of para-hydroxylation sites is 1. The third kappa shape index (κ3) is 4.87. The number of carboxylic acid groups (broad SMARTS) is 1. The molecule has 1 amide bonds. The first kappa shape index (κ1) is 23.6. The predicted molar refractivity (Wildman–Crippen MR) is 115 cm³/mol. The second-order valence-corrected chi connectivity index (χ2v) is 8.30. The molecule has 3 atom stereocenters. The van der Waals surface area contributed by atoms with E-state index in [1.165, 1.54) is 11.0 Å². The van der Waals surface area contributed by atoms with Gasteiger partial charge in [-0.3, -0.25) is 14.4 Å². The minimum Gasteiger partial charge on any atom is -0.481 e. The minimum atomic E-state index is -1.38. The summed E-state index contributed by atoms with van der Waals surface area (Å²) in [5.41, 5.74) is 1.00. The normalized spacial score (nSPS) is 18.3. The number of fused-ring (bicyclic) bond motifs is 2. The van der Waals surface area contributed by atoms with Crippen molar-refractivity contribution in [2.24, 2.45) is 0 Å². The number of carbonyl (C=O) groups is 3. The van der Waals surface area contributed by atoms with E-state index < -0.39 is 42.1 Å². The molecule has 2 aromatic carbocycles. The van der Waals surface area contributed by atoms with Gasteiger partial charge in [0.2, 0.25) is 5.91 Å². The fraction of sp³-hybridized carbons (Fsp3) is 0.375. The van der Waals surface area contributed by atoms with Crippen molar-refractivity contribution in [1.29, 1.82) is 0 Å². The van der Waals surface area contributed by atoms with Gasteiger partial charge < -0.3 is 20.2 Å². The lowest BCUT2D eigenvalue weighted by Gasteiger charge is -2.30. The monoisotopic (exact) mass is 443 g/mol. The van der Waals surface area contributed by atoms with Crippen molar-refractivity contribution in [3.05, 3.63) is 65.0 Å². The Bertz CT molecular complexity index is 1040. The van der Waals surface area contributed by atoms with Crippen LogP contribution in [-0.4, -0.2) is 51.2 Å². The van der Waals surface area contributed by atoms with Gasteiger partial charge in [0.1, 0.15) is 5.82 Å². The minimum absolute atomic E-state index is 0.147. The van der Waals surface area contributed by atoms with Crippen LogP contribution < -0.4 is 4.90 Å². The first-order chi connectivity index (χ1) is 15.1. The van der Waals surface area contributed by atoms with Crippen LogP contribution in [0.1, 0.15) is 60.5 Å². The van der Waals surface area contributed by atoms with Crippen molar-refractivity contribution in [2.75, 3.05) is 4.90 Å². The van der Waals surface area contributed by atoms with Crippen LogP contribution in [0.3, 0.4) is 0 Å². The number of amides is 1. The number of benzene rings is 2. The Morgan fingerprint density at radius 2 is 1.81 bits per heavy atom. The highest BCUT2D eigenvalue weighted by Gasteiger charge is 2.35. The molecular weight excluding hydrogens is 417 g/mol. The van der Waals surface area contributed by atoms with Crippen LogP contribution in [0.25, 0.3) is 0 Å². The summed E-state index contributed by atoms with van der Waals surface area (Å²) in [7, 11) is 0. The van der Waals surface area contributed by atoms with E-state index in [9.17, 15) is 29.0 Å². The van der Waals surface area contributed by atoms with E-state index in [1.54, 1.807) is 38.1 Å². The van der Waals surface area contributed by atoms with Crippen LogP contribution in [0.2, 0.25) is 0 Å². The highest BCUT2D eigenvalue weighted by atomic mass is 19.1.